The van der Waals surface area contributed by atoms with Gasteiger partial charge in [0.2, 0.25) is 5.90 Å². The van der Waals surface area contributed by atoms with E-state index < -0.39 is 5.97 Å². The highest BCUT2D eigenvalue weighted by Crippen LogP contribution is 2.31. The number of para-hydroxylation sites is 1. The van der Waals surface area contributed by atoms with Crippen molar-refractivity contribution in [2.45, 2.75) is 20.5 Å². The van der Waals surface area contributed by atoms with Crippen molar-refractivity contribution in [1.82, 2.24) is 0 Å². The maximum absolute atomic E-state index is 12.4. The second-order valence-corrected chi connectivity index (χ2v) is 7.45. The Morgan fingerprint density at radius 2 is 1.79 bits per heavy atom. The lowest BCUT2D eigenvalue weighted by atomic mass is 10.1. The fourth-order valence-electron chi connectivity index (χ4n) is 3.47. The van der Waals surface area contributed by atoms with Crippen molar-refractivity contribution in [3.05, 3.63) is 94.7 Å². The number of cyclic esters (lactones) is 1. The lowest BCUT2D eigenvalue weighted by Crippen LogP contribution is -2.06. The highest BCUT2D eigenvalue weighted by atomic mass is 16.6. The van der Waals surface area contributed by atoms with Crippen LogP contribution in [0.3, 0.4) is 0 Å². The molecule has 6 nitrogen and oxygen atoms in total. The maximum atomic E-state index is 12.4. The minimum atomic E-state index is -0.520. The second kappa shape index (κ2) is 10.0. The first kappa shape index (κ1) is 22.1. The first-order chi connectivity index (χ1) is 16.1. The average molecular weight is 443 g/mol. The molecule has 0 fully saturated rings. The molecule has 4 rings (SSSR count). The summed E-state index contributed by atoms with van der Waals surface area (Å²) in [5, 5.41) is 0. The predicted octanol–water partition coefficient (Wildman–Crippen LogP) is 5.33. The monoisotopic (exact) mass is 443 g/mol. The molecule has 0 N–H and O–H groups in total. The molecule has 1 aliphatic heterocycles. The SMILES string of the molecule is CCOc1cc(/C=C2/N=C(c3ccccc3OC)OC2=O)ccc1OCc1cccc(C)c1. The van der Waals surface area contributed by atoms with Gasteiger partial charge in [0.25, 0.3) is 0 Å². The van der Waals surface area contributed by atoms with Gasteiger partial charge < -0.3 is 18.9 Å². The smallest absolute Gasteiger partial charge is 0.363 e. The lowest BCUT2D eigenvalue weighted by Gasteiger charge is -2.13. The molecule has 1 aliphatic rings. The van der Waals surface area contributed by atoms with Crippen molar-refractivity contribution in [1.29, 1.82) is 0 Å². The van der Waals surface area contributed by atoms with Crippen LogP contribution in [0.1, 0.15) is 29.2 Å². The molecule has 0 amide bonds. The molecule has 33 heavy (non-hydrogen) atoms. The van der Waals surface area contributed by atoms with E-state index in [-0.39, 0.29) is 11.6 Å². The Kier molecular flexibility index (Phi) is 6.74. The van der Waals surface area contributed by atoms with Gasteiger partial charge in [0.1, 0.15) is 12.4 Å². The van der Waals surface area contributed by atoms with Gasteiger partial charge in [-0.15, -0.1) is 0 Å². The number of aliphatic imine (C=N–C) groups is 1. The van der Waals surface area contributed by atoms with Crippen molar-refractivity contribution in [3.63, 3.8) is 0 Å². The second-order valence-electron chi connectivity index (χ2n) is 7.45. The van der Waals surface area contributed by atoms with Gasteiger partial charge in [0.05, 0.1) is 19.3 Å². The van der Waals surface area contributed by atoms with Crippen LogP contribution in [0.2, 0.25) is 0 Å². The molecule has 168 valence electrons. The Bertz CT molecular complexity index is 1230. The summed E-state index contributed by atoms with van der Waals surface area (Å²) in [6.07, 6.45) is 1.66. The standard InChI is InChI=1S/C27H25NO5/c1-4-31-25-16-19(12-13-24(25)32-17-20-9-7-8-18(2)14-20)15-22-27(29)33-26(28-22)21-10-5-6-11-23(21)30-3/h5-16H,4,17H2,1-3H3/b22-15+. The van der Waals surface area contributed by atoms with Gasteiger partial charge in [-0.25, -0.2) is 9.79 Å². The number of nitrogens with zero attached hydrogens (tertiary/aromatic N) is 1. The number of hydrogen-bond donors (Lipinski definition) is 0. The largest absolute Gasteiger partial charge is 0.496 e. The van der Waals surface area contributed by atoms with E-state index >= 15 is 0 Å². The molecule has 0 saturated carbocycles. The van der Waals surface area contributed by atoms with Crippen molar-refractivity contribution >= 4 is 17.9 Å². The summed E-state index contributed by atoms with van der Waals surface area (Å²) in [5.74, 6) is 1.51. The van der Waals surface area contributed by atoms with Crippen LogP contribution in [-0.4, -0.2) is 25.6 Å². The minimum Gasteiger partial charge on any atom is -0.496 e. The number of carbonyl (C=O) groups excluding carboxylic acids is 1. The molecule has 0 saturated heterocycles. The number of rotatable bonds is 8. The van der Waals surface area contributed by atoms with E-state index in [1.54, 1.807) is 25.3 Å². The van der Waals surface area contributed by atoms with E-state index in [4.69, 9.17) is 18.9 Å². The number of esters is 1. The molecule has 6 heteroatoms. The zero-order valence-electron chi connectivity index (χ0n) is 18.8. The van der Waals surface area contributed by atoms with Crippen LogP contribution < -0.4 is 14.2 Å². The molecular weight excluding hydrogens is 418 g/mol. The normalized spacial score (nSPS) is 14.1. The predicted molar refractivity (Wildman–Crippen MR) is 127 cm³/mol. The van der Waals surface area contributed by atoms with E-state index in [2.05, 4.69) is 11.1 Å². The minimum absolute atomic E-state index is 0.201. The molecule has 1 heterocycles. The van der Waals surface area contributed by atoms with E-state index in [0.717, 1.165) is 11.1 Å². The van der Waals surface area contributed by atoms with Gasteiger partial charge in [-0.1, -0.05) is 48.0 Å². The average Bonchev–Trinajstić information content (AvgIpc) is 3.18. The van der Waals surface area contributed by atoms with E-state index in [1.807, 2.05) is 62.4 Å². The number of ether oxygens (including phenoxy) is 4. The molecule has 0 aliphatic carbocycles. The summed E-state index contributed by atoms with van der Waals surface area (Å²) < 4.78 is 22.5. The number of methoxy groups -OCH3 is 1. The number of carbonyl (C=O) groups is 1. The van der Waals surface area contributed by atoms with Crippen LogP contribution in [0.5, 0.6) is 17.2 Å². The third kappa shape index (κ3) is 5.23. The fourth-order valence-corrected chi connectivity index (χ4v) is 3.47. The van der Waals surface area contributed by atoms with Crippen molar-refractivity contribution in [2.24, 2.45) is 4.99 Å². The molecule has 3 aromatic carbocycles. The summed E-state index contributed by atoms with van der Waals surface area (Å²) >= 11 is 0. The van der Waals surface area contributed by atoms with Crippen molar-refractivity contribution in [2.75, 3.05) is 13.7 Å². The third-order valence-corrected chi connectivity index (χ3v) is 5.01. The highest BCUT2D eigenvalue weighted by Gasteiger charge is 2.26. The first-order valence-corrected chi connectivity index (χ1v) is 10.7. The van der Waals surface area contributed by atoms with Crippen LogP contribution in [0.25, 0.3) is 6.08 Å². The van der Waals surface area contributed by atoms with Crippen LogP contribution in [0.15, 0.2) is 77.4 Å². The molecule has 0 atom stereocenters. The molecule has 0 aromatic heterocycles. The van der Waals surface area contributed by atoms with Gasteiger partial charge >= 0.3 is 5.97 Å². The Balaban J connectivity index is 1.57. The summed E-state index contributed by atoms with van der Waals surface area (Å²) in [6.45, 7) is 4.88. The van der Waals surface area contributed by atoms with Crippen LogP contribution in [-0.2, 0) is 16.1 Å². The number of hydrogen-bond acceptors (Lipinski definition) is 6. The summed E-state index contributed by atoms with van der Waals surface area (Å²) in [6, 6.07) is 20.9. The summed E-state index contributed by atoms with van der Waals surface area (Å²) in [5.41, 5.74) is 3.83. The topological polar surface area (TPSA) is 66.3 Å². The van der Waals surface area contributed by atoms with Gasteiger partial charge in [-0.05, 0) is 55.3 Å². The van der Waals surface area contributed by atoms with Gasteiger partial charge in [-0.3, -0.25) is 0 Å². The maximum Gasteiger partial charge on any atom is 0.363 e. The van der Waals surface area contributed by atoms with Gasteiger partial charge in [0.15, 0.2) is 17.2 Å². The highest BCUT2D eigenvalue weighted by molar-refractivity contribution is 6.13. The lowest BCUT2D eigenvalue weighted by molar-refractivity contribution is -0.129. The molecule has 0 unspecified atom stereocenters. The molecular formula is C27H25NO5. The zero-order chi connectivity index (χ0) is 23.2. The van der Waals surface area contributed by atoms with Crippen LogP contribution in [0, 0.1) is 6.92 Å². The number of aryl methyl sites for hydroxylation is 1. The Morgan fingerprint density at radius 1 is 0.939 bits per heavy atom. The molecule has 0 spiro atoms. The van der Waals surface area contributed by atoms with E-state index in [1.165, 1.54) is 5.56 Å². The Hall–Kier alpha value is -4.06. The third-order valence-electron chi connectivity index (χ3n) is 5.01. The quantitative estimate of drug-likeness (QED) is 0.348. The van der Waals surface area contributed by atoms with Gasteiger partial charge in [-0.2, -0.15) is 0 Å². The Morgan fingerprint density at radius 3 is 2.58 bits per heavy atom. The summed E-state index contributed by atoms with van der Waals surface area (Å²) in [7, 11) is 1.56. The number of benzene rings is 3. The van der Waals surface area contributed by atoms with Crippen molar-refractivity contribution in [3.8, 4) is 17.2 Å². The van der Waals surface area contributed by atoms with E-state index in [0.29, 0.717) is 36.0 Å². The van der Waals surface area contributed by atoms with Gasteiger partial charge in [0, 0.05) is 0 Å². The molecule has 3 aromatic rings. The van der Waals surface area contributed by atoms with Crippen LogP contribution in [0.4, 0.5) is 0 Å². The molecule has 0 radical (unpaired) electrons. The van der Waals surface area contributed by atoms with Crippen molar-refractivity contribution < 1.29 is 23.7 Å². The zero-order valence-corrected chi connectivity index (χ0v) is 18.8. The van der Waals surface area contributed by atoms with E-state index in [9.17, 15) is 4.79 Å². The fraction of sp³-hybridized carbons (Fsp3) is 0.185. The van der Waals surface area contributed by atoms with Crippen LogP contribution >= 0.6 is 0 Å². The summed E-state index contributed by atoms with van der Waals surface area (Å²) in [4.78, 5) is 16.8. The molecule has 0 bridgehead atoms. The first-order valence-electron chi connectivity index (χ1n) is 10.7. The Labute approximate surface area is 193 Å².